The molecule has 1 amide bonds. The minimum absolute atomic E-state index is 0.166. The lowest BCUT2D eigenvalue weighted by Gasteiger charge is -2.48. The standard InChI is InChI=1S/C23H32N2O2/c26-21-12-10-20(11-13-21)25-18-6-15-23(22(25)27)14-5-17-24(23)16-4-9-19-7-2-1-3-8-19/h1-4,7-9,20-21,26H,5-6,10-18H2. The first-order valence-corrected chi connectivity index (χ1v) is 10.6. The third-order valence-corrected chi connectivity index (χ3v) is 6.81. The number of carbonyl (C=O) groups is 1. The van der Waals surface area contributed by atoms with Crippen molar-refractivity contribution in [2.45, 2.75) is 69.1 Å². The molecule has 1 unspecified atom stereocenters. The summed E-state index contributed by atoms with van der Waals surface area (Å²) in [6.45, 7) is 2.76. The molecule has 0 radical (unpaired) electrons. The summed E-state index contributed by atoms with van der Waals surface area (Å²) in [6, 6.07) is 10.7. The van der Waals surface area contributed by atoms with E-state index in [9.17, 15) is 9.90 Å². The van der Waals surface area contributed by atoms with Crippen molar-refractivity contribution in [1.82, 2.24) is 9.80 Å². The molecule has 2 aliphatic heterocycles. The van der Waals surface area contributed by atoms with Gasteiger partial charge in [-0.2, -0.15) is 0 Å². The Morgan fingerprint density at radius 3 is 2.48 bits per heavy atom. The number of nitrogens with zero attached hydrogens (tertiary/aromatic N) is 2. The largest absolute Gasteiger partial charge is 0.393 e. The summed E-state index contributed by atoms with van der Waals surface area (Å²) in [5, 5.41) is 9.81. The molecule has 2 saturated heterocycles. The molecule has 0 aromatic heterocycles. The molecule has 0 bridgehead atoms. The highest BCUT2D eigenvalue weighted by Crippen LogP contribution is 2.40. The Balaban J connectivity index is 1.45. The van der Waals surface area contributed by atoms with E-state index in [1.54, 1.807) is 0 Å². The lowest BCUT2D eigenvalue weighted by Crippen LogP contribution is -2.62. The maximum atomic E-state index is 13.6. The van der Waals surface area contributed by atoms with E-state index in [4.69, 9.17) is 0 Å². The van der Waals surface area contributed by atoms with Crippen LogP contribution >= 0.6 is 0 Å². The van der Waals surface area contributed by atoms with Gasteiger partial charge in [0, 0.05) is 19.1 Å². The highest BCUT2D eigenvalue weighted by atomic mass is 16.3. The number of hydrogen-bond donors (Lipinski definition) is 1. The maximum Gasteiger partial charge on any atom is 0.243 e. The fraction of sp³-hybridized carbons (Fsp3) is 0.609. The van der Waals surface area contributed by atoms with Crippen molar-refractivity contribution in [3.05, 3.63) is 42.0 Å². The second-order valence-corrected chi connectivity index (χ2v) is 8.46. The normalized spacial score (nSPS) is 32.6. The number of aliphatic hydroxyl groups excluding tert-OH is 1. The average molecular weight is 369 g/mol. The molecule has 1 saturated carbocycles. The van der Waals surface area contributed by atoms with Crippen LogP contribution in [0, 0.1) is 0 Å². The van der Waals surface area contributed by atoms with E-state index in [0.717, 1.165) is 71.0 Å². The zero-order chi connectivity index (χ0) is 18.7. The van der Waals surface area contributed by atoms with E-state index in [0.29, 0.717) is 11.9 Å². The van der Waals surface area contributed by atoms with Gasteiger partial charge in [-0.15, -0.1) is 0 Å². The number of amides is 1. The second-order valence-electron chi connectivity index (χ2n) is 8.46. The van der Waals surface area contributed by atoms with Gasteiger partial charge in [0.2, 0.25) is 5.91 Å². The predicted octanol–water partition coefficient (Wildman–Crippen LogP) is 3.46. The number of aliphatic hydroxyl groups is 1. The topological polar surface area (TPSA) is 43.8 Å². The Bertz CT molecular complexity index is 666. The molecular formula is C23H32N2O2. The van der Waals surface area contributed by atoms with E-state index in [1.807, 2.05) is 6.07 Å². The molecule has 4 heteroatoms. The molecule has 3 aliphatic rings. The number of hydrogen-bond acceptors (Lipinski definition) is 3. The second kappa shape index (κ2) is 8.15. The Kier molecular flexibility index (Phi) is 5.65. The Labute approximate surface area is 162 Å². The molecule has 1 N–H and O–H groups in total. The SMILES string of the molecule is O=C1N(C2CCC(O)CC2)CCCC12CCCN2CC=Cc1ccccc1. The fourth-order valence-electron chi connectivity index (χ4n) is 5.34. The van der Waals surface area contributed by atoms with Gasteiger partial charge in [0.1, 0.15) is 5.54 Å². The average Bonchev–Trinajstić information content (AvgIpc) is 3.09. The predicted molar refractivity (Wildman–Crippen MR) is 108 cm³/mol. The molecule has 4 rings (SSSR count). The van der Waals surface area contributed by atoms with Crippen molar-refractivity contribution >= 4 is 12.0 Å². The number of rotatable bonds is 4. The van der Waals surface area contributed by atoms with Gasteiger partial charge in [0.05, 0.1) is 6.10 Å². The molecule has 4 nitrogen and oxygen atoms in total. The van der Waals surface area contributed by atoms with Crippen LogP contribution in [0.25, 0.3) is 6.08 Å². The smallest absolute Gasteiger partial charge is 0.243 e. The summed E-state index contributed by atoms with van der Waals surface area (Å²) in [6.07, 6.45) is 12.0. The third-order valence-electron chi connectivity index (χ3n) is 6.81. The molecule has 1 aliphatic carbocycles. The van der Waals surface area contributed by atoms with Crippen LogP contribution in [0.15, 0.2) is 36.4 Å². The molecule has 1 atom stereocenters. The summed E-state index contributed by atoms with van der Waals surface area (Å²) < 4.78 is 0. The van der Waals surface area contributed by atoms with Crippen LogP contribution < -0.4 is 0 Å². The maximum absolute atomic E-state index is 13.6. The minimum Gasteiger partial charge on any atom is -0.393 e. The summed E-state index contributed by atoms with van der Waals surface area (Å²) in [5.41, 5.74) is 0.929. The van der Waals surface area contributed by atoms with Crippen LogP contribution in [0.4, 0.5) is 0 Å². The molecule has 27 heavy (non-hydrogen) atoms. The van der Waals surface area contributed by atoms with Gasteiger partial charge < -0.3 is 10.0 Å². The number of piperidine rings is 1. The van der Waals surface area contributed by atoms with E-state index in [1.165, 1.54) is 5.56 Å². The lowest BCUT2D eigenvalue weighted by molar-refractivity contribution is -0.151. The highest BCUT2D eigenvalue weighted by Gasteiger charge is 2.51. The quantitative estimate of drug-likeness (QED) is 0.885. The van der Waals surface area contributed by atoms with Gasteiger partial charge >= 0.3 is 0 Å². The van der Waals surface area contributed by atoms with E-state index < -0.39 is 0 Å². The zero-order valence-corrected chi connectivity index (χ0v) is 16.2. The Morgan fingerprint density at radius 2 is 1.74 bits per heavy atom. The van der Waals surface area contributed by atoms with E-state index >= 15 is 0 Å². The molecule has 1 spiro atoms. The van der Waals surface area contributed by atoms with Gasteiger partial charge in [-0.05, 0) is 63.5 Å². The first kappa shape index (κ1) is 18.7. The summed E-state index contributed by atoms with van der Waals surface area (Å²) in [7, 11) is 0. The van der Waals surface area contributed by atoms with Crippen molar-refractivity contribution in [3.8, 4) is 0 Å². The third kappa shape index (κ3) is 3.83. The van der Waals surface area contributed by atoms with Gasteiger partial charge in [0.15, 0.2) is 0 Å². The van der Waals surface area contributed by atoms with Crippen LogP contribution in [0.1, 0.15) is 56.9 Å². The molecule has 2 heterocycles. The van der Waals surface area contributed by atoms with Crippen LogP contribution in [-0.4, -0.2) is 58.1 Å². The van der Waals surface area contributed by atoms with Gasteiger partial charge in [-0.1, -0.05) is 42.5 Å². The Hall–Kier alpha value is -1.65. The van der Waals surface area contributed by atoms with Crippen LogP contribution in [0.5, 0.6) is 0 Å². The molecule has 1 aromatic carbocycles. The molecular weight excluding hydrogens is 336 g/mol. The van der Waals surface area contributed by atoms with Crippen molar-refractivity contribution < 1.29 is 9.90 Å². The monoisotopic (exact) mass is 368 g/mol. The van der Waals surface area contributed by atoms with Crippen LogP contribution in [-0.2, 0) is 4.79 Å². The van der Waals surface area contributed by atoms with Crippen molar-refractivity contribution in [1.29, 1.82) is 0 Å². The van der Waals surface area contributed by atoms with Crippen molar-refractivity contribution in [2.24, 2.45) is 0 Å². The van der Waals surface area contributed by atoms with Crippen molar-refractivity contribution in [2.75, 3.05) is 19.6 Å². The van der Waals surface area contributed by atoms with Crippen LogP contribution in [0.3, 0.4) is 0 Å². The van der Waals surface area contributed by atoms with Gasteiger partial charge in [0.25, 0.3) is 0 Å². The van der Waals surface area contributed by atoms with E-state index in [-0.39, 0.29) is 11.6 Å². The first-order chi connectivity index (χ1) is 13.2. The summed E-state index contributed by atoms with van der Waals surface area (Å²) in [5.74, 6) is 0.362. The molecule has 3 fully saturated rings. The first-order valence-electron chi connectivity index (χ1n) is 10.6. The zero-order valence-electron chi connectivity index (χ0n) is 16.2. The van der Waals surface area contributed by atoms with Crippen LogP contribution in [0.2, 0.25) is 0 Å². The van der Waals surface area contributed by atoms with Gasteiger partial charge in [-0.3, -0.25) is 9.69 Å². The molecule has 146 valence electrons. The summed E-state index contributed by atoms with van der Waals surface area (Å²) in [4.78, 5) is 18.2. The van der Waals surface area contributed by atoms with E-state index in [2.05, 4.69) is 46.2 Å². The lowest BCUT2D eigenvalue weighted by atomic mass is 9.82. The van der Waals surface area contributed by atoms with Gasteiger partial charge in [-0.25, -0.2) is 0 Å². The summed E-state index contributed by atoms with van der Waals surface area (Å²) >= 11 is 0. The Morgan fingerprint density at radius 1 is 1.04 bits per heavy atom. The highest BCUT2D eigenvalue weighted by molar-refractivity contribution is 5.88. The van der Waals surface area contributed by atoms with Crippen molar-refractivity contribution in [3.63, 3.8) is 0 Å². The number of likely N-dealkylation sites (tertiary alicyclic amines) is 2. The number of benzene rings is 1. The minimum atomic E-state index is -0.282. The number of carbonyl (C=O) groups excluding carboxylic acids is 1. The molecule has 1 aromatic rings. The fourth-order valence-corrected chi connectivity index (χ4v) is 5.34.